The molecule has 0 fully saturated rings. The van der Waals surface area contributed by atoms with Gasteiger partial charge in [0.15, 0.2) is 11.5 Å². The zero-order valence-corrected chi connectivity index (χ0v) is 17.4. The van der Waals surface area contributed by atoms with Crippen molar-refractivity contribution in [2.45, 2.75) is 11.3 Å². The molecule has 0 bridgehead atoms. The molecule has 0 saturated heterocycles. The smallest absolute Gasteiger partial charge is 0.291 e. The fourth-order valence-electron chi connectivity index (χ4n) is 2.39. The fraction of sp³-hybridized carbons (Fsp3) is 0.167. The molecule has 0 saturated carbocycles. The number of aryl methyl sites for hydroxylation is 1. The number of nitrogens with one attached hydrogen (secondary N) is 2. The van der Waals surface area contributed by atoms with Crippen molar-refractivity contribution in [3.63, 3.8) is 0 Å². The quantitative estimate of drug-likeness (QED) is 0.549. The van der Waals surface area contributed by atoms with E-state index < -0.39 is 15.9 Å². The van der Waals surface area contributed by atoms with Gasteiger partial charge in [-0.25, -0.2) is 0 Å². The lowest BCUT2D eigenvalue weighted by Crippen LogP contribution is -2.13. The molecule has 0 spiro atoms. The van der Waals surface area contributed by atoms with Crippen LogP contribution in [0.5, 0.6) is 11.5 Å². The third-order valence-electron chi connectivity index (χ3n) is 3.89. The number of rotatable bonds is 7. The van der Waals surface area contributed by atoms with E-state index in [2.05, 4.69) is 20.2 Å². The van der Waals surface area contributed by atoms with Crippen LogP contribution >= 0.6 is 11.3 Å². The van der Waals surface area contributed by atoms with E-state index in [-0.39, 0.29) is 9.47 Å². The van der Waals surface area contributed by atoms with Gasteiger partial charge in [0.25, 0.3) is 20.3 Å². The minimum Gasteiger partial charge on any atom is -0.493 e. The summed E-state index contributed by atoms with van der Waals surface area (Å²) < 4.78 is 37.6. The Kier molecular flexibility index (Phi) is 5.99. The standard InChI is InChI=1S/C18H18N4O5S2/c1-11-6-4-5-7-13(11)22-29(24,25)18-21-20-17(28-18)19-16(23)12-8-9-14(26-2)15(10-12)27-3/h4-10,22H,1-3H3,(H,19,20,23). The minimum atomic E-state index is -3.93. The van der Waals surface area contributed by atoms with Gasteiger partial charge in [0.2, 0.25) is 5.13 Å². The number of ether oxygens (including phenoxy) is 2. The second kappa shape index (κ2) is 8.45. The van der Waals surface area contributed by atoms with E-state index in [4.69, 9.17) is 9.47 Å². The van der Waals surface area contributed by atoms with Crippen molar-refractivity contribution in [2.24, 2.45) is 0 Å². The molecule has 0 aliphatic rings. The van der Waals surface area contributed by atoms with Crippen LogP contribution in [0.25, 0.3) is 0 Å². The van der Waals surface area contributed by atoms with Gasteiger partial charge in [0.05, 0.1) is 19.9 Å². The molecule has 152 valence electrons. The first-order valence-corrected chi connectivity index (χ1v) is 10.6. The number of methoxy groups -OCH3 is 2. The summed E-state index contributed by atoms with van der Waals surface area (Å²) in [6, 6.07) is 11.6. The maximum atomic E-state index is 12.5. The molecule has 1 aromatic heterocycles. The molecule has 0 aliphatic heterocycles. The monoisotopic (exact) mass is 434 g/mol. The van der Waals surface area contributed by atoms with Crippen LogP contribution in [0, 0.1) is 6.92 Å². The molecule has 11 heteroatoms. The molecule has 0 unspecified atom stereocenters. The van der Waals surface area contributed by atoms with Crippen LogP contribution in [-0.2, 0) is 10.0 Å². The van der Waals surface area contributed by atoms with E-state index in [1.807, 2.05) is 0 Å². The summed E-state index contributed by atoms with van der Waals surface area (Å²) in [6.07, 6.45) is 0. The Morgan fingerprint density at radius 1 is 1.03 bits per heavy atom. The Morgan fingerprint density at radius 2 is 1.76 bits per heavy atom. The molecule has 2 N–H and O–H groups in total. The van der Waals surface area contributed by atoms with E-state index in [1.165, 1.54) is 20.3 Å². The highest BCUT2D eigenvalue weighted by Crippen LogP contribution is 2.28. The molecule has 0 aliphatic carbocycles. The number of hydrogen-bond acceptors (Lipinski definition) is 8. The van der Waals surface area contributed by atoms with Crippen LogP contribution in [0.4, 0.5) is 10.8 Å². The Bertz CT molecular complexity index is 1140. The topological polar surface area (TPSA) is 120 Å². The third-order valence-corrected chi connectivity index (χ3v) is 6.46. The van der Waals surface area contributed by atoms with Crippen molar-refractivity contribution in [3.05, 3.63) is 53.6 Å². The number of sulfonamides is 1. The van der Waals surface area contributed by atoms with Crippen LogP contribution in [0.2, 0.25) is 0 Å². The third kappa shape index (κ3) is 4.63. The van der Waals surface area contributed by atoms with Gasteiger partial charge < -0.3 is 9.47 Å². The van der Waals surface area contributed by atoms with Crippen molar-refractivity contribution in [3.8, 4) is 11.5 Å². The predicted molar refractivity (Wildman–Crippen MR) is 109 cm³/mol. The molecular formula is C18H18N4O5S2. The number of amides is 1. The SMILES string of the molecule is COc1ccc(C(=O)Nc2nnc(S(=O)(=O)Nc3ccccc3C)s2)cc1OC. The number of benzene rings is 2. The number of aromatic nitrogens is 2. The van der Waals surface area contributed by atoms with Gasteiger partial charge in [-0.05, 0) is 36.8 Å². The first-order valence-electron chi connectivity index (χ1n) is 8.29. The van der Waals surface area contributed by atoms with E-state index in [0.29, 0.717) is 22.7 Å². The summed E-state index contributed by atoms with van der Waals surface area (Å²) in [5.74, 6) is 0.386. The van der Waals surface area contributed by atoms with Gasteiger partial charge >= 0.3 is 0 Å². The van der Waals surface area contributed by atoms with E-state index in [1.54, 1.807) is 43.3 Å². The van der Waals surface area contributed by atoms with Gasteiger partial charge in [-0.2, -0.15) is 8.42 Å². The average Bonchev–Trinajstić information content (AvgIpc) is 3.18. The Hall–Kier alpha value is -3.18. The first kappa shape index (κ1) is 20.6. The molecule has 9 nitrogen and oxygen atoms in total. The fourth-order valence-corrected chi connectivity index (χ4v) is 4.42. The molecule has 0 atom stereocenters. The summed E-state index contributed by atoms with van der Waals surface area (Å²) in [4.78, 5) is 12.4. The Morgan fingerprint density at radius 3 is 2.45 bits per heavy atom. The number of para-hydroxylation sites is 1. The lowest BCUT2D eigenvalue weighted by molar-refractivity contribution is 0.102. The highest BCUT2D eigenvalue weighted by molar-refractivity contribution is 7.94. The molecule has 0 radical (unpaired) electrons. The highest BCUT2D eigenvalue weighted by Gasteiger charge is 2.22. The van der Waals surface area contributed by atoms with Crippen LogP contribution in [0.1, 0.15) is 15.9 Å². The number of anilines is 2. The van der Waals surface area contributed by atoms with E-state index in [9.17, 15) is 13.2 Å². The van der Waals surface area contributed by atoms with Crippen LogP contribution in [0.3, 0.4) is 0 Å². The van der Waals surface area contributed by atoms with Gasteiger partial charge in [-0.15, -0.1) is 10.2 Å². The maximum absolute atomic E-state index is 12.5. The van der Waals surface area contributed by atoms with E-state index in [0.717, 1.165) is 16.9 Å². The minimum absolute atomic E-state index is 0.0509. The van der Waals surface area contributed by atoms with E-state index >= 15 is 0 Å². The summed E-state index contributed by atoms with van der Waals surface area (Å²) in [6.45, 7) is 1.78. The van der Waals surface area contributed by atoms with Gasteiger partial charge in [-0.1, -0.05) is 29.5 Å². The lowest BCUT2D eigenvalue weighted by atomic mass is 10.2. The van der Waals surface area contributed by atoms with Crippen molar-refractivity contribution in [1.29, 1.82) is 0 Å². The van der Waals surface area contributed by atoms with Crippen molar-refractivity contribution < 1.29 is 22.7 Å². The van der Waals surface area contributed by atoms with Crippen LogP contribution in [-0.4, -0.2) is 38.7 Å². The summed E-state index contributed by atoms with van der Waals surface area (Å²) in [5.41, 5.74) is 1.50. The number of carbonyl (C=O) groups excluding carboxylic acids is 1. The second-order valence-electron chi connectivity index (χ2n) is 5.82. The van der Waals surface area contributed by atoms with Crippen molar-refractivity contribution in [2.75, 3.05) is 24.3 Å². The second-order valence-corrected chi connectivity index (χ2v) is 8.65. The molecule has 2 aromatic carbocycles. The molecule has 1 heterocycles. The number of nitrogens with zero attached hydrogens (tertiary/aromatic N) is 2. The summed E-state index contributed by atoms with van der Waals surface area (Å²) >= 11 is 0.745. The average molecular weight is 434 g/mol. The molecule has 29 heavy (non-hydrogen) atoms. The molecular weight excluding hydrogens is 416 g/mol. The van der Waals surface area contributed by atoms with Crippen LogP contribution in [0.15, 0.2) is 46.8 Å². The Labute approximate surface area is 171 Å². The van der Waals surface area contributed by atoms with Crippen molar-refractivity contribution in [1.82, 2.24) is 10.2 Å². The molecule has 3 rings (SSSR count). The van der Waals surface area contributed by atoms with Crippen molar-refractivity contribution >= 4 is 38.1 Å². The summed E-state index contributed by atoms with van der Waals surface area (Å²) in [5, 5.41) is 10.0. The summed E-state index contributed by atoms with van der Waals surface area (Å²) in [7, 11) is -0.975. The Balaban J connectivity index is 1.76. The van der Waals surface area contributed by atoms with Gasteiger partial charge in [0.1, 0.15) is 0 Å². The number of carbonyl (C=O) groups is 1. The van der Waals surface area contributed by atoms with Gasteiger partial charge in [-0.3, -0.25) is 14.8 Å². The zero-order valence-electron chi connectivity index (χ0n) is 15.8. The first-order chi connectivity index (χ1) is 13.8. The molecule has 3 aromatic rings. The normalized spacial score (nSPS) is 11.0. The van der Waals surface area contributed by atoms with Crippen LogP contribution < -0.4 is 19.5 Å². The van der Waals surface area contributed by atoms with Gasteiger partial charge in [0, 0.05) is 5.56 Å². The number of hydrogen-bond donors (Lipinski definition) is 2. The maximum Gasteiger partial charge on any atom is 0.291 e. The highest BCUT2D eigenvalue weighted by atomic mass is 32.2. The molecule has 1 amide bonds. The largest absolute Gasteiger partial charge is 0.493 e. The zero-order chi connectivity index (χ0) is 21.0. The lowest BCUT2D eigenvalue weighted by Gasteiger charge is -2.09. The predicted octanol–water partition coefficient (Wildman–Crippen LogP) is 2.92.